The maximum Gasteiger partial charge on any atom is 0.295 e. The number of aryl methyl sites for hydroxylation is 2. The Morgan fingerprint density at radius 3 is 2.81 bits per heavy atom. The van der Waals surface area contributed by atoms with Crippen molar-refractivity contribution < 1.29 is 4.74 Å². The summed E-state index contributed by atoms with van der Waals surface area (Å²) in [5.41, 5.74) is 7.69. The Bertz CT molecular complexity index is 921. The summed E-state index contributed by atoms with van der Waals surface area (Å²) >= 11 is 4.80. The number of nitrogens with two attached hydrogens (primary N) is 1. The van der Waals surface area contributed by atoms with Crippen molar-refractivity contribution >= 4 is 50.5 Å². The monoisotopic (exact) mass is 407 g/mol. The second kappa shape index (κ2) is 7.66. The number of thiophene rings is 1. The smallest absolute Gasteiger partial charge is 0.295 e. The third kappa shape index (κ3) is 3.79. The predicted molar refractivity (Wildman–Crippen MR) is 108 cm³/mol. The van der Waals surface area contributed by atoms with Crippen LogP contribution in [0.25, 0.3) is 10.2 Å². The number of fused-ring (bicyclic) bond motifs is 3. The summed E-state index contributed by atoms with van der Waals surface area (Å²) in [6.45, 7) is 3.95. The largest absolute Gasteiger partial charge is 0.466 e. The van der Waals surface area contributed by atoms with Crippen LogP contribution in [-0.2, 0) is 18.6 Å². The van der Waals surface area contributed by atoms with Gasteiger partial charge in [-0.1, -0.05) is 23.3 Å². The van der Waals surface area contributed by atoms with Crippen LogP contribution >= 0.6 is 34.4 Å². The van der Waals surface area contributed by atoms with Gasteiger partial charge in [0.05, 0.1) is 17.2 Å². The maximum absolute atomic E-state index is 6.31. The van der Waals surface area contributed by atoms with E-state index in [2.05, 4.69) is 15.2 Å². The van der Waals surface area contributed by atoms with Gasteiger partial charge in [0.1, 0.15) is 16.5 Å². The molecule has 0 aromatic carbocycles. The number of ether oxygens (including phenoxy) is 1. The first-order chi connectivity index (χ1) is 12.6. The van der Waals surface area contributed by atoms with Gasteiger partial charge in [-0.25, -0.2) is 9.97 Å². The van der Waals surface area contributed by atoms with Gasteiger partial charge in [0, 0.05) is 4.88 Å². The summed E-state index contributed by atoms with van der Waals surface area (Å²) in [4.78, 5) is 11.8. The predicted octanol–water partition coefficient (Wildman–Crippen LogP) is 4.47. The van der Waals surface area contributed by atoms with E-state index in [9.17, 15) is 0 Å². The van der Waals surface area contributed by atoms with Crippen molar-refractivity contribution in [1.29, 1.82) is 0 Å². The van der Waals surface area contributed by atoms with Gasteiger partial charge in [-0.15, -0.1) is 16.4 Å². The van der Waals surface area contributed by atoms with Gasteiger partial charge in [0.2, 0.25) is 0 Å². The molecule has 0 unspecified atom stereocenters. The molecule has 1 aliphatic rings. The highest BCUT2D eigenvalue weighted by molar-refractivity contribution is 8.00. The van der Waals surface area contributed by atoms with Crippen molar-refractivity contribution in [3.8, 4) is 5.19 Å². The van der Waals surface area contributed by atoms with E-state index in [4.69, 9.17) is 15.5 Å². The molecule has 138 valence electrons. The Morgan fingerprint density at radius 2 is 1.96 bits per heavy atom. The Labute approximate surface area is 164 Å². The number of anilines is 1. The Hall–Kier alpha value is -1.45. The van der Waals surface area contributed by atoms with Gasteiger partial charge in [0.15, 0.2) is 4.34 Å². The lowest BCUT2D eigenvalue weighted by atomic mass is 10.1. The molecule has 0 saturated heterocycles. The first-order valence-corrected chi connectivity index (χ1v) is 11.4. The van der Waals surface area contributed by atoms with Crippen LogP contribution < -0.4 is 10.5 Å². The highest BCUT2D eigenvalue weighted by Crippen LogP contribution is 2.38. The van der Waals surface area contributed by atoms with E-state index in [1.165, 1.54) is 41.0 Å². The number of hydrogen-bond donors (Lipinski definition) is 1. The van der Waals surface area contributed by atoms with Gasteiger partial charge in [-0.3, -0.25) is 0 Å². The molecule has 1 aliphatic carbocycles. The molecule has 0 saturated carbocycles. The first kappa shape index (κ1) is 17.9. The fourth-order valence-electron chi connectivity index (χ4n) is 3.10. The van der Waals surface area contributed by atoms with E-state index in [0.29, 0.717) is 16.8 Å². The van der Waals surface area contributed by atoms with Crippen LogP contribution in [0.4, 0.5) is 5.82 Å². The van der Waals surface area contributed by atoms with Gasteiger partial charge in [-0.05, 0) is 56.4 Å². The molecule has 9 heteroatoms. The lowest BCUT2D eigenvalue weighted by Crippen LogP contribution is -2.04. The van der Waals surface area contributed by atoms with Crippen molar-refractivity contribution in [2.45, 2.75) is 62.1 Å². The number of thioether (sulfide) groups is 1. The molecule has 0 spiro atoms. The minimum absolute atomic E-state index is 0.0976. The summed E-state index contributed by atoms with van der Waals surface area (Å²) < 4.78 is 6.41. The normalized spacial score (nSPS) is 14.6. The van der Waals surface area contributed by atoms with E-state index >= 15 is 0 Å². The Morgan fingerprint density at radius 1 is 1.12 bits per heavy atom. The fraction of sp³-hybridized carbons (Fsp3) is 0.529. The van der Waals surface area contributed by atoms with Crippen molar-refractivity contribution in [2.75, 3.05) is 5.73 Å². The van der Waals surface area contributed by atoms with Crippen LogP contribution in [0, 0.1) is 0 Å². The highest BCUT2D eigenvalue weighted by atomic mass is 32.2. The number of nitrogens with zero attached hydrogens (tertiary/aromatic N) is 4. The number of nitrogen functional groups attached to an aromatic ring is 1. The zero-order valence-electron chi connectivity index (χ0n) is 14.8. The second-order valence-corrected chi connectivity index (χ2v) is 9.80. The zero-order chi connectivity index (χ0) is 18.1. The standard InChI is InChI=1S/C17H21N5OS3/c1-9(2)23-16-21-22-17(26-16)24-8-12-19-14(18)13-10-6-4-3-5-7-11(10)25-15(13)20-12/h9H,3-8H2,1-2H3,(H2,18,19,20). The summed E-state index contributed by atoms with van der Waals surface area (Å²) in [5.74, 6) is 1.99. The van der Waals surface area contributed by atoms with Gasteiger partial charge in [0.25, 0.3) is 5.19 Å². The van der Waals surface area contributed by atoms with E-state index in [0.717, 1.165) is 33.2 Å². The van der Waals surface area contributed by atoms with E-state index in [1.807, 2.05) is 13.8 Å². The summed E-state index contributed by atoms with van der Waals surface area (Å²) in [6, 6.07) is 0. The molecule has 4 rings (SSSR count). The molecule has 3 aromatic rings. The second-order valence-electron chi connectivity index (χ2n) is 6.56. The molecule has 0 atom stereocenters. The lowest BCUT2D eigenvalue weighted by Gasteiger charge is -2.04. The summed E-state index contributed by atoms with van der Waals surface area (Å²) in [5, 5.41) is 9.89. The Balaban J connectivity index is 1.53. The Kier molecular flexibility index (Phi) is 5.28. The molecular weight excluding hydrogens is 386 g/mol. The zero-order valence-corrected chi connectivity index (χ0v) is 17.3. The van der Waals surface area contributed by atoms with E-state index in [-0.39, 0.29) is 6.10 Å². The van der Waals surface area contributed by atoms with Crippen molar-refractivity contribution in [3.05, 3.63) is 16.3 Å². The molecule has 0 aliphatic heterocycles. The van der Waals surface area contributed by atoms with Crippen molar-refractivity contribution in [2.24, 2.45) is 0 Å². The topological polar surface area (TPSA) is 86.8 Å². The van der Waals surface area contributed by atoms with Crippen LogP contribution in [-0.4, -0.2) is 26.3 Å². The summed E-state index contributed by atoms with van der Waals surface area (Å²) in [6.07, 6.45) is 6.12. The van der Waals surface area contributed by atoms with Crippen molar-refractivity contribution in [1.82, 2.24) is 20.2 Å². The quantitative estimate of drug-likeness (QED) is 0.493. The minimum Gasteiger partial charge on any atom is -0.466 e. The van der Waals surface area contributed by atoms with E-state index in [1.54, 1.807) is 23.1 Å². The summed E-state index contributed by atoms with van der Waals surface area (Å²) in [7, 11) is 0. The van der Waals surface area contributed by atoms with E-state index < -0.39 is 0 Å². The molecule has 26 heavy (non-hydrogen) atoms. The average molecular weight is 408 g/mol. The third-order valence-corrected chi connectivity index (χ3v) is 7.32. The minimum atomic E-state index is 0.0976. The van der Waals surface area contributed by atoms with Crippen LogP contribution in [0.15, 0.2) is 4.34 Å². The van der Waals surface area contributed by atoms with Gasteiger partial charge in [-0.2, -0.15) is 0 Å². The maximum atomic E-state index is 6.31. The van der Waals surface area contributed by atoms with Gasteiger partial charge < -0.3 is 10.5 Å². The first-order valence-electron chi connectivity index (χ1n) is 8.79. The third-order valence-electron chi connectivity index (χ3n) is 4.19. The van der Waals surface area contributed by atoms with Gasteiger partial charge >= 0.3 is 0 Å². The molecule has 0 radical (unpaired) electrons. The number of hydrogen-bond acceptors (Lipinski definition) is 9. The van der Waals surface area contributed by atoms with Crippen LogP contribution in [0.2, 0.25) is 0 Å². The number of aromatic nitrogens is 4. The molecule has 0 bridgehead atoms. The average Bonchev–Trinajstić information content (AvgIpc) is 3.10. The molecule has 2 N–H and O–H groups in total. The molecule has 6 nitrogen and oxygen atoms in total. The molecule has 0 amide bonds. The van der Waals surface area contributed by atoms with Crippen LogP contribution in [0.5, 0.6) is 5.19 Å². The SMILES string of the molecule is CC(C)Oc1nnc(SCc2nc(N)c3c4c(sc3n2)CCCCC4)s1. The molecule has 3 heterocycles. The molecule has 3 aromatic heterocycles. The van der Waals surface area contributed by atoms with Crippen molar-refractivity contribution in [3.63, 3.8) is 0 Å². The number of rotatable bonds is 5. The van der Waals surface area contributed by atoms with Crippen LogP contribution in [0.1, 0.15) is 49.4 Å². The molecular formula is C17H21N5OS3. The lowest BCUT2D eigenvalue weighted by molar-refractivity contribution is 0.239. The fourth-order valence-corrected chi connectivity index (χ4v) is 6.05. The highest BCUT2D eigenvalue weighted by Gasteiger charge is 2.19. The van der Waals surface area contributed by atoms with Crippen LogP contribution in [0.3, 0.4) is 0 Å². The molecule has 0 fully saturated rings.